The minimum atomic E-state index is -0.0959. The average Bonchev–Trinajstić information content (AvgIpc) is 2.88. The molecule has 0 saturated heterocycles. The molecular weight excluding hydrogens is 208 g/mol. The van der Waals surface area contributed by atoms with Crippen LogP contribution in [0.15, 0.2) is 28.2 Å². The summed E-state index contributed by atoms with van der Waals surface area (Å²) in [5.74, 6) is 0.832. The van der Waals surface area contributed by atoms with Crippen molar-refractivity contribution in [1.82, 2.24) is 10.3 Å². The molecule has 1 N–H and O–H groups in total. The summed E-state index contributed by atoms with van der Waals surface area (Å²) in [6.07, 6.45) is 1.67. The molecule has 0 radical (unpaired) electrons. The van der Waals surface area contributed by atoms with Gasteiger partial charge in [0.25, 0.3) is 0 Å². The van der Waals surface area contributed by atoms with Gasteiger partial charge in [-0.1, -0.05) is 0 Å². The number of nitrogens with one attached hydrogen (secondary N) is 1. The van der Waals surface area contributed by atoms with Crippen molar-refractivity contribution in [2.75, 3.05) is 7.05 Å². The van der Waals surface area contributed by atoms with Crippen LogP contribution in [0.3, 0.4) is 0 Å². The van der Waals surface area contributed by atoms with E-state index < -0.39 is 0 Å². The summed E-state index contributed by atoms with van der Waals surface area (Å²) in [4.78, 5) is 4.56. The molecule has 2 rings (SSSR count). The number of furan rings is 1. The van der Waals surface area contributed by atoms with E-state index >= 15 is 0 Å². The van der Waals surface area contributed by atoms with E-state index in [9.17, 15) is 0 Å². The normalized spacial score (nSPS) is 11.9. The van der Waals surface area contributed by atoms with Gasteiger partial charge < -0.3 is 9.73 Å². The van der Waals surface area contributed by atoms with Gasteiger partial charge in [-0.15, -0.1) is 11.3 Å². The molecule has 2 aromatic heterocycles. The third-order valence-electron chi connectivity index (χ3n) is 2.50. The standard InChI is InChI=1S/C11H14N2OS/c1-11(2,12-3)9-7-15-10(13-9)8-5-4-6-14-8/h4-7,12H,1-3H3. The molecule has 3 nitrogen and oxygen atoms in total. The minimum absolute atomic E-state index is 0.0959. The Hall–Kier alpha value is -1.13. The first-order valence-electron chi connectivity index (χ1n) is 4.82. The van der Waals surface area contributed by atoms with Crippen LogP contribution in [-0.2, 0) is 5.54 Å². The van der Waals surface area contributed by atoms with Crippen molar-refractivity contribution in [3.63, 3.8) is 0 Å². The molecular formula is C11H14N2OS. The topological polar surface area (TPSA) is 38.1 Å². The highest BCUT2D eigenvalue weighted by Gasteiger charge is 2.21. The second kappa shape index (κ2) is 3.79. The maximum Gasteiger partial charge on any atom is 0.162 e. The molecule has 0 aliphatic heterocycles. The van der Waals surface area contributed by atoms with Crippen LogP contribution >= 0.6 is 11.3 Å². The highest BCUT2D eigenvalue weighted by Crippen LogP contribution is 2.28. The van der Waals surface area contributed by atoms with Gasteiger partial charge in [-0.05, 0) is 33.0 Å². The Bertz CT molecular complexity index is 431. The summed E-state index contributed by atoms with van der Waals surface area (Å²) in [5.41, 5.74) is 0.947. The van der Waals surface area contributed by atoms with Crippen molar-refractivity contribution in [3.05, 3.63) is 29.5 Å². The number of hydrogen-bond acceptors (Lipinski definition) is 4. The van der Waals surface area contributed by atoms with Crippen LogP contribution in [-0.4, -0.2) is 12.0 Å². The van der Waals surface area contributed by atoms with Gasteiger partial charge in [0.05, 0.1) is 17.5 Å². The van der Waals surface area contributed by atoms with Crippen molar-refractivity contribution < 1.29 is 4.42 Å². The molecule has 0 unspecified atom stereocenters. The van der Waals surface area contributed by atoms with Gasteiger partial charge >= 0.3 is 0 Å². The monoisotopic (exact) mass is 222 g/mol. The molecule has 15 heavy (non-hydrogen) atoms. The van der Waals surface area contributed by atoms with E-state index in [1.165, 1.54) is 0 Å². The van der Waals surface area contributed by atoms with Gasteiger partial charge in [-0.3, -0.25) is 0 Å². The van der Waals surface area contributed by atoms with E-state index in [4.69, 9.17) is 4.42 Å². The van der Waals surface area contributed by atoms with E-state index in [-0.39, 0.29) is 5.54 Å². The lowest BCUT2D eigenvalue weighted by molar-refractivity contribution is 0.433. The van der Waals surface area contributed by atoms with E-state index in [1.807, 2.05) is 19.2 Å². The summed E-state index contributed by atoms with van der Waals surface area (Å²) in [7, 11) is 1.94. The maximum atomic E-state index is 5.31. The lowest BCUT2D eigenvalue weighted by atomic mass is 10.0. The van der Waals surface area contributed by atoms with Gasteiger partial charge in [-0.2, -0.15) is 0 Å². The van der Waals surface area contributed by atoms with Crippen molar-refractivity contribution in [2.24, 2.45) is 0 Å². The zero-order valence-electron chi connectivity index (χ0n) is 9.07. The zero-order chi connectivity index (χ0) is 10.9. The Morgan fingerprint density at radius 1 is 1.47 bits per heavy atom. The fourth-order valence-corrected chi connectivity index (χ4v) is 2.16. The smallest absolute Gasteiger partial charge is 0.162 e. The zero-order valence-corrected chi connectivity index (χ0v) is 9.89. The summed E-state index contributed by atoms with van der Waals surface area (Å²) < 4.78 is 5.31. The molecule has 0 spiro atoms. The van der Waals surface area contributed by atoms with Crippen LogP contribution < -0.4 is 5.32 Å². The highest BCUT2D eigenvalue weighted by atomic mass is 32.1. The van der Waals surface area contributed by atoms with Crippen LogP contribution in [0.5, 0.6) is 0 Å². The number of rotatable bonds is 3. The average molecular weight is 222 g/mol. The molecule has 0 amide bonds. The molecule has 0 saturated carbocycles. The summed E-state index contributed by atoms with van der Waals surface area (Å²) in [5, 5.41) is 6.22. The van der Waals surface area contributed by atoms with E-state index in [0.29, 0.717) is 0 Å². The van der Waals surface area contributed by atoms with Crippen LogP contribution in [0, 0.1) is 0 Å². The lowest BCUT2D eigenvalue weighted by Gasteiger charge is -2.21. The third-order valence-corrected chi connectivity index (χ3v) is 3.36. The van der Waals surface area contributed by atoms with Gasteiger partial charge in [0, 0.05) is 5.38 Å². The molecule has 80 valence electrons. The molecule has 0 aliphatic rings. The molecule has 0 atom stereocenters. The Kier molecular flexibility index (Phi) is 2.63. The minimum Gasteiger partial charge on any atom is -0.462 e. The van der Waals surface area contributed by atoms with Crippen molar-refractivity contribution >= 4 is 11.3 Å². The summed E-state index contributed by atoms with van der Waals surface area (Å²) >= 11 is 1.60. The highest BCUT2D eigenvalue weighted by molar-refractivity contribution is 7.13. The fraction of sp³-hybridized carbons (Fsp3) is 0.364. The molecule has 0 aromatic carbocycles. The Morgan fingerprint density at radius 3 is 2.87 bits per heavy atom. The summed E-state index contributed by atoms with van der Waals surface area (Å²) in [6.45, 7) is 4.21. The first kappa shape index (κ1) is 10.4. The number of hydrogen-bond donors (Lipinski definition) is 1. The van der Waals surface area contributed by atoms with E-state index in [1.54, 1.807) is 17.6 Å². The van der Waals surface area contributed by atoms with Crippen LogP contribution in [0.2, 0.25) is 0 Å². The van der Waals surface area contributed by atoms with E-state index in [0.717, 1.165) is 16.5 Å². The van der Waals surface area contributed by atoms with Crippen molar-refractivity contribution in [3.8, 4) is 10.8 Å². The van der Waals surface area contributed by atoms with Crippen molar-refractivity contribution in [2.45, 2.75) is 19.4 Å². The number of nitrogens with zero attached hydrogens (tertiary/aromatic N) is 1. The van der Waals surface area contributed by atoms with Crippen LogP contribution in [0.25, 0.3) is 10.8 Å². The van der Waals surface area contributed by atoms with Crippen molar-refractivity contribution in [1.29, 1.82) is 0 Å². The second-order valence-electron chi connectivity index (χ2n) is 3.89. The molecule has 0 fully saturated rings. The Balaban J connectivity index is 2.33. The number of aromatic nitrogens is 1. The molecule has 4 heteroatoms. The predicted octanol–water partition coefficient (Wildman–Crippen LogP) is 2.86. The second-order valence-corrected chi connectivity index (χ2v) is 4.75. The first-order chi connectivity index (χ1) is 7.13. The largest absolute Gasteiger partial charge is 0.462 e. The van der Waals surface area contributed by atoms with Gasteiger partial charge in [0.15, 0.2) is 10.8 Å². The third kappa shape index (κ3) is 1.96. The van der Waals surface area contributed by atoms with Crippen LogP contribution in [0.4, 0.5) is 0 Å². The lowest BCUT2D eigenvalue weighted by Crippen LogP contribution is -2.33. The Morgan fingerprint density at radius 2 is 2.27 bits per heavy atom. The fourth-order valence-electron chi connectivity index (χ4n) is 1.20. The summed E-state index contributed by atoms with van der Waals surface area (Å²) in [6, 6.07) is 3.80. The van der Waals surface area contributed by atoms with Crippen LogP contribution in [0.1, 0.15) is 19.5 Å². The maximum absolute atomic E-state index is 5.31. The molecule has 2 heterocycles. The van der Waals surface area contributed by atoms with Gasteiger partial charge in [0.1, 0.15) is 0 Å². The number of thiazole rings is 1. The van der Waals surface area contributed by atoms with Gasteiger partial charge in [-0.25, -0.2) is 4.98 Å². The molecule has 0 bridgehead atoms. The predicted molar refractivity (Wildman–Crippen MR) is 61.9 cm³/mol. The molecule has 0 aliphatic carbocycles. The Labute approximate surface area is 93.2 Å². The van der Waals surface area contributed by atoms with E-state index in [2.05, 4.69) is 29.5 Å². The molecule has 2 aromatic rings. The first-order valence-corrected chi connectivity index (χ1v) is 5.70. The SMILES string of the molecule is CNC(C)(C)c1csc(-c2ccco2)n1. The van der Waals surface area contributed by atoms with Gasteiger partial charge in [0.2, 0.25) is 0 Å². The quantitative estimate of drug-likeness (QED) is 0.867.